The van der Waals surface area contributed by atoms with Crippen LogP contribution in [0.5, 0.6) is 0 Å². The summed E-state index contributed by atoms with van der Waals surface area (Å²) in [5, 5.41) is 0. The van der Waals surface area contributed by atoms with E-state index in [9.17, 15) is 0 Å². The van der Waals surface area contributed by atoms with Crippen molar-refractivity contribution in [2.75, 3.05) is 26.8 Å². The van der Waals surface area contributed by atoms with Crippen molar-refractivity contribution in [3.05, 3.63) is 20.8 Å². The van der Waals surface area contributed by atoms with Gasteiger partial charge in [-0.15, -0.1) is 11.3 Å². The molecule has 0 aliphatic heterocycles. The predicted octanol–water partition coefficient (Wildman–Crippen LogP) is 3.26. The molecule has 5 heteroatoms. The molecule has 2 N–H and O–H groups in total. The van der Waals surface area contributed by atoms with Gasteiger partial charge in [-0.3, -0.25) is 4.90 Å². The van der Waals surface area contributed by atoms with Crippen LogP contribution in [0.3, 0.4) is 0 Å². The monoisotopic (exact) mass is 334 g/mol. The van der Waals surface area contributed by atoms with E-state index in [2.05, 4.69) is 46.8 Å². The molecule has 1 aromatic rings. The average Bonchev–Trinajstić information content (AvgIpc) is 2.79. The Labute approximate surface area is 122 Å². The quantitative estimate of drug-likeness (QED) is 0.792. The third-order valence-corrected chi connectivity index (χ3v) is 4.84. The zero-order valence-corrected chi connectivity index (χ0v) is 13.8. The minimum absolute atomic E-state index is 0.160. The molecule has 0 aromatic carbocycles. The Bertz CT molecular complexity index is 345. The lowest BCUT2D eigenvalue weighted by molar-refractivity contribution is 0.113. The molecule has 104 valence electrons. The molecule has 2 atom stereocenters. The maximum Gasteiger partial charge on any atom is 0.0702 e. The van der Waals surface area contributed by atoms with Crippen LogP contribution >= 0.6 is 27.3 Å². The van der Waals surface area contributed by atoms with Gasteiger partial charge < -0.3 is 10.5 Å². The van der Waals surface area contributed by atoms with Crippen molar-refractivity contribution in [1.82, 2.24) is 4.90 Å². The van der Waals surface area contributed by atoms with E-state index < -0.39 is 0 Å². The molecule has 1 rings (SSSR count). The molecule has 0 aliphatic carbocycles. The molecule has 0 amide bonds. The van der Waals surface area contributed by atoms with Crippen LogP contribution in [0.25, 0.3) is 0 Å². The molecule has 0 saturated heterocycles. The molecule has 0 aliphatic rings. The number of thiophene rings is 1. The van der Waals surface area contributed by atoms with Crippen molar-refractivity contribution in [3.63, 3.8) is 0 Å². The van der Waals surface area contributed by atoms with Crippen LogP contribution in [-0.4, -0.2) is 37.7 Å². The summed E-state index contributed by atoms with van der Waals surface area (Å²) in [5.74, 6) is 0. The van der Waals surface area contributed by atoms with Crippen LogP contribution in [0, 0.1) is 0 Å². The number of likely N-dealkylation sites (N-methyl/N-ethyl adjacent to an activating group) is 1. The zero-order valence-electron chi connectivity index (χ0n) is 11.4. The summed E-state index contributed by atoms with van der Waals surface area (Å²) in [7, 11) is 1.74. The normalized spacial score (nSPS) is 15.0. The summed E-state index contributed by atoms with van der Waals surface area (Å²) in [6, 6.07) is 4.71. The Kier molecular flexibility index (Phi) is 7.41. The number of methoxy groups -OCH3 is 1. The standard InChI is InChI=1S/C13H23BrN2OS/c1-4-10(15)13(11-6-7-12(14)18-11)16(5-2)8-9-17-3/h6-7,10,13H,4-5,8-9,15H2,1-3H3. The first-order valence-electron chi connectivity index (χ1n) is 6.37. The molecule has 0 saturated carbocycles. The molecule has 18 heavy (non-hydrogen) atoms. The summed E-state index contributed by atoms with van der Waals surface area (Å²) in [6.45, 7) is 6.96. The number of hydrogen-bond donors (Lipinski definition) is 1. The second-order valence-electron chi connectivity index (χ2n) is 4.28. The Balaban J connectivity index is 2.88. The van der Waals surface area contributed by atoms with Gasteiger partial charge >= 0.3 is 0 Å². The van der Waals surface area contributed by atoms with Gasteiger partial charge in [-0.2, -0.15) is 0 Å². The van der Waals surface area contributed by atoms with E-state index in [1.807, 2.05) is 0 Å². The largest absolute Gasteiger partial charge is 0.383 e. The molecule has 2 unspecified atom stereocenters. The third-order valence-electron chi connectivity index (χ3n) is 3.14. The van der Waals surface area contributed by atoms with Gasteiger partial charge in [-0.25, -0.2) is 0 Å². The van der Waals surface area contributed by atoms with Crippen LogP contribution in [0.1, 0.15) is 31.2 Å². The van der Waals surface area contributed by atoms with E-state index in [0.29, 0.717) is 0 Å². The topological polar surface area (TPSA) is 38.5 Å². The molecule has 3 nitrogen and oxygen atoms in total. The van der Waals surface area contributed by atoms with Gasteiger partial charge in [0.1, 0.15) is 0 Å². The highest BCUT2D eigenvalue weighted by Gasteiger charge is 2.25. The van der Waals surface area contributed by atoms with E-state index in [0.717, 1.165) is 29.9 Å². The maximum atomic E-state index is 6.32. The smallest absolute Gasteiger partial charge is 0.0702 e. The fourth-order valence-electron chi connectivity index (χ4n) is 2.07. The van der Waals surface area contributed by atoms with Gasteiger partial charge in [-0.1, -0.05) is 13.8 Å². The van der Waals surface area contributed by atoms with E-state index in [1.165, 1.54) is 4.88 Å². The number of nitrogens with two attached hydrogens (primary N) is 1. The summed E-state index contributed by atoms with van der Waals surface area (Å²) in [5.41, 5.74) is 6.32. The third kappa shape index (κ3) is 4.31. The lowest BCUT2D eigenvalue weighted by Crippen LogP contribution is -2.41. The Morgan fingerprint density at radius 3 is 2.61 bits per heavy atom. The van der Waals surface area contributed by atoms with Gasteiger partial charge in [-0.05, 0) is 41.0 Å². The summed E-state index contributed by atoms with van der Waals surface area (Å²) in [6.07, 6.45) is 0.976. The number of halogens is 1. The van der Waals surface area contributed by atoms with Crippen LogP contribution < -0.4 is 5.73 Å². The average molecular weight is 335 g/mol. The Morgan fingerprint density at radius 1 is 1.44 bits per heavy atom. The van der Waals surface area contributed by atoms with Crippen LogP contribution in [0.2, 0.25) is 0 Å². The van der Waals surface area contributed by atoms with Crippen molar-refractivity contribution < 1.29 is 4.74 Å². The minimum atomic E-state index is 0.160. The molecule has 0 radical (unpaired) electrons. The van der Waals surface area contributed by atoms with Gasteiger partial charge in [0.05, 0.1) is 16.4 Å². The lowest BCUT2D eigenvalue weighted by atomic mass is 10.0. The molecule has 1 aromatic heterocycles. The van der Waals surface area contributed by atoms with Gasteiger partial charge in [0.2, 0.25) is 0 Å². The van der Waals surface area contributed by atoms with Crippen molar-refractivity contribution in [2.24, 2.45) is 5.73 Å². The summed E-state index contributed by atoms with van der Waals surface area (Å²) in [4.78, 5) is 3.73. The zero-order chi connectivity index (χ0) is 13.5. The fourth-order valence-corrected chi connectivity index (χ4v) is 3.71. The van der Waals surface area contributed by atoms with Crippen molar-refractivity contribution in [3.8, 4) is 0 Å². The van der Waals surface area contributed by atoms with E-state index in [1.54, 1.807) is 18.4 Å². The van der Waals surface area contributed by atoms with Crippen LogP contribution in [-0.2, 0) is 4.74 Å². The van der Waals surface area contributed by atoms with Crippen LogP contribution in [0.4, 0.5) is 0 Å². The van der Waals surface area contributed by atoms with E-state index >= 15 is 0 Å². The number of ether oxygens (including phenoxy) is 1. The molecular formula is C13H23BrN2OS. The number of hydrogen-bond acceptors (Lipinski definition) is 4. The first-order chi connectivity index (χ1) is 8.63. The van der Waals surface area contributed by atoms with E-state index in [-0.39, 0.29) is 12.1 Å². The van der Waals surface area contributed by atoms with Gasteiger partial charge in [0, 0.05) is 24.6 Å². The highest BCUT2D eigenvalue weighted by Crippen LogP contribution is 2.33. The Morgan fingerprint density at radius 2 is 2.17 bits per heavy atom. The van der Waals surface area contributed by atoms with Crippen molar-refractivity contribution >= 4 is 27.3 Å². The highest BCUT2D eigenvalue weighted by atomic mass is 79.9. The first kappa shape index (κ1) is 16.1. The number of nitrogens with zero attached hydrogens (tertiary/aromatic N) is 1. The first-order valence-corrected chi connectivity index (χ1v) is 7.98. The second kappa shape index (κ2) is 8.27. The molecule has 1 heterocycles. The van der Waals surface area contributed by atoms with Crippen LogP contribution in [0.15, 0.2) is 15.9 Å². The Hall–Kier alpha value is 0.0600. The summed E-state index contributed by atoms with van der Waals surface area (Å²) < 4.78 is 6.35. The SMILES string of the molecule is CCC(N)C(c1ccc(Br)s1)N(CC)CCOC. The molecule has 0 bridgehead atoms. The summed E-state index contributed by atoms with van der Waals surface area (Å²) >= 11 is 5.30. The second-order valence-corrected chi connectivity index (χ2v) is 6.77. The molecule has 0 fully saturated rings. The van der Waals surface area contributed by atoms with E-state index in [4.69, 9.17) is 10.5 Å². The lowest BCUT2D eigenvalue weighted by Gasteiger charge is -2.33. The minimum Gasteiger partial charge on any atom is -0.383 e. The number of rotatable bonds is 8. The molecule has 0 spiro atoms. The molecular weight excluding hydrogens is 312 g/mol. The highest BCUT2D eigenvalue weighted by molar-refractivity contribution is 9.11. The fraction of sp³-hybridized carbons (Fsp3) is 0.692. The maximum absolute atomic E-state index is 6.32. The van der Waals surface area contributed by atoms with Gasteiger partial charge in [0.15, 0.2) is 0 Å². The predicted molar refractivity (Wildman–Crippen MR) is 82.1 cm³/mol. The van der Waals surface area contributed by atoms with Crippen molar-refractivity contribution in [1.29, 1.82) is 0 Å². The van der Waals surface area contributed by atoms with Crippen molar-refractivity contribution in [2.45, 2.75) is 32.4 Å². The van der Waals surface area contributed by atoms with Gasteiger partial charge in [0.25, 0.3) is 0 Å².